The van der Waals surface area contributed by atoms with Crippen molar-refractivity contribution in [2.75, 3.05) is 0 Å². The molecule has 1 heteroatoms. The molecule has 3 rings (SSSR count). The molecule has 1 fully saturated rings. The van der Waals surface area contributed by atoms with E-state index in [4.69, 9.17) is 0 Å². The van der Waals surface area contributed by atoms with Crippen molar-refractivity contribution in [2.45, 2.75) is 45.6 Å². The summed E-state index contributed by atoms with van der Waals surface area (Å²) in [5.41, 5.74) is 4.38. The monoisotopic (exact) mass is 239 g/mol. The first-order valence-corrected chi connectivity index (χ1v) is 7.05. The highest BCUT2D eigenvalue weighted by Gasteiger charge is 2.11. The van der Waals surface area contributed by atoms with E-state index in [1.165, 1.54) is 42.1 Å². The van der Waals surface area contributed by atoms with Crippen LogP contribution < -0.4 is 0 Å². The van der Waals surface area contributed by atoms with Crippen molar-refractivity contribution < 1.29 is 0 Å². The SMILES string of the molecule is CC(C)n1cc(C=C2CCCC2)c2ccccc21. The Hall–Kier alpha value is -1.50. The van der Waals surface area contributed by atoms with Crippen molar-refractivity contribution in [3.63, 3.8) is 0 Å². The summed E-state index contributed by atoms with van der Waals surface area (Å²) in [6.07, 6.45) is 10.1. The number of allylic oxidation sites excluding steroid dienone is 1. The van der Waals surface area contributed by atoms with Crippen LogP contribution in [0.1, 0.15) is 51.1 Å². The molecule has 0 radical (unpaired) electrons. The van der Waals surface area contributed by atoms with Crippen LogP contribution in [-0.4, -0.2) is 4.57 Å². The maximum atomic E-state index is 2.42. The van der Waals surface area contributed by atoms with Gasteiger partial charge in [0.1, 0.15) is 0 Å². The maximum Gasteiger partial charge on any atom is 0.0488 e. The second kappa shape index (κ2) is 4.64. The first-order chi connectivity index (χ1) is 8.75. The van der Waals surface area contributed by atoms with Crippen LogP contribution in [0.5, 0.6) is 0 Å². The summed E-state index contributed by atoms with van der Waals surface area (Å²) in [5.74, 6) is 0. The van der Waals surface area contributed by atoms with Crippen LogP contribution in [0, 0.1) is 0 Å². The van der Waals surface area contributed by atoms with Crippen LogP contribution in [0.4, 0.5) is 0 Å². The number of para-hydroxylation sites is 1. The standard InChI is InChI=1S/C17H21N/c1-13(2)18-12-15(11-14-7-3-4-8-14)16-9-5-6-10-17(16)18/h5-6,9-13H,3-4,7-8H2,1-2H3. The van der Waals surface area contributed by atoms with Crippen LogP contribution in [0.15, 0.2) is 36.0 Å². The van der Waals surface area contributed by atoms with E-state index in [9.17, 15) is 0 Å². The second-order valence-corrected chi connectivity index (χ2v) is 5.61. The summed E-state index contributed by atoms with van der Waals surface area (Å²) in [6.45, 7) is 4.50. The first kappa shape index (κ1) is 11.6. The van der Waals surface area contributed by atoms with Gasteiger partial charge in [-0.25, -0.2) is 0 Å². The van der Waals surface area contributed by atoms with Gasteiger partial charge in [-0.1, -0.05) is 29.8 Å². The van der Waals surface area contributed by atoms with Gasteiger partial charge in [-0.3, -0.25) is 0 Å². The molecule has 1 nitrogen and oxygen atoms in total. The lowest BCUT2D eigenvalue weighted by Gasteiger charge is -2.08. The molecule has 1 aromatic carbocycles. The minimum absolute atomic E-state index is 0.519. The average Bonchev–Trinajstić information content (AvgIpc) is 2.98. The highest BCUT2D eigenvalue weighted by molar-refractivity contribution is 5.90. The normalized spacial score (nSPS) is 15.8. The Bertz CT molecular complexity index is 579. The van der Waals surface area contributed by atoms with Gasteiger partial charge in [0.15, 0.2) is 0 Å². The summed E-state index contributed by atoms with van der Waals surface area (Å²) in [5, 5.41) is 1.39. The molecule has 1 heterocycles. The van der Waals surface area contributed by atoms with Crippen molar-refractivity contribution in [1.82, 2.24) is 4.57 Å². The molecule has 0 bridgehead atoms. The molecule has 0 amide bonds. The molecule has 0 atom stereocenters. The molecule has 18 heavy (non-hydrogen) atoms. The van der Waals surface area contributed by atoms with E-state index >= 15 is 0 Å². The minimum Gasteiger partial charge on any atom is -0.344 e. The number of rotatable bonds is 2. The summed E-state index contributed by atoms with van der Waals surface area (Å²) < 4.78 is 2.39. The number of aromatic nitrogens is 1. The van der Waals surface area contributed by atoms with Crippen molar-refractivity contribution >= 4 is 17.0 Å². The fourth-order valence-electron chi connectivity index (χ4n) is 2.97. The fourth-order valence-corrected chi connectivity index (χ4v) is 2.97. The molecular formula is C17H21N. The third-order valence-corrected chi connectivity index (χ3v) is 3.93. The average molecular weight is 239 g/mol. The lowest BCUT2D eigenvalue weighted by atomic mass is 10.1. The van der Waals surface area contributed by atoms with Gasteiger partial charge in [0, 0.05) is 23.1 Å². The quantitative estimate of drug-likeness (QED) is 0.680. The topological polar surface area (TPSA) is 4.93 Å². The molecule has 1 aliphatic rings. The maximum absolute atomic E-state index is 2.42. The molecule has 0 unspecified atom stereocenters. The predicted octanol–water partition coefficient (Wildman–Crippen LogP) is 5.18. The third-order valence-electron chi connectivity index (χ3n) is 3.93. The molecule has 0 spiro atoms. The minimum atomic E-state index is 0.519. The van der Waals surface area contributed by atoms with Crippen molar-refractivity contribution in [1.29, 1.82) is 0 Å². The largest absolute Gasteiger partial charge is 0.344 e. The van der Waals surface area contributed by atoms with Gasteiger partial charge in [-0.2, -0.15) is 0 Å². The van der Waals surface area contributed by atoms with Gasteiger partial charge in [-0.05, 0) is 51.2 Å². The first-order valence-electron chi connectivity index (χ1n) is 7.05. The van der Waals surface area contributed by atoms with Crippen molar-refractivity contribution in [3.8, 4) is 0 Å². The zero-order valence-electron chi connectivity index (χ0n) is 11.3. The van der Waals surface area contributed by atoms with Crippen LogP contribution in [0.3, 0.4) is 0 Å². The summed E-state index contributed by atoms with van der Waals surface area (Å²) in [7, 11) is 0. The lowest BCUT2D eigenvalue weighted by Crippen LogP contribution is -1.97. The van der Waals surface area contributed by atoms with Gasteiger partial charge in [0.05, 0.1) is 0 Å². The number of hydrogen-bond acceptors (Lipinski definition) is 0. The molecule has 0 saturated heterocycles. The molecule has 2 aromatic rings. The third kappa shape index (κ3) is 1.98. The van der Waals surface area contributed by atoms with Gasteiger partial charge in [0.25, 0.3) is 0 Å². The van der Waals surface area contributed by atoms with E-state index in [2.05, 4.69) is 55.0 Å². The van der Waals surface area contributed by atoms with Crippen LogP contribution in [-0.2, 0) is 0 Å². The molecule has 1 aromatic heterocycles. The Kier molecular flexibility index (Phi) is 2.99. The van der Waals surface area contributed by atoms with Crippen molar-refractivity contribution in [2.24, 2.45) is 0 Å². The number of hydrogen-bond donors (Lipinski definition) is 0. The van der Waals surface area contributed by atoms with E-state index in [1.54, 1.807) is 5.57 Å². The highest BCUT2D eigenvalue weighted by atomic mass is 15.0. The molecular weight excluding hydrogens is 218 g/mol. The highest BCUT2D eigenvalue weighted by Crippen LogP contribution is 2.30. The molecule has 0 aliphatic heterocycles. The van der Waals surface area contributed by atoms with Gasteiger partial charge in [-0.15, -0.1) is 0 Å². The summed E-state index contributed by atoms with van der Waals surface area (Å²) in [6, 6.07) is 9.27. The molecule has 1 aliphatic carbocycles. The van der Waals surface area contributed by atoms with Crippen LogP contribution in [0.25, 0.3) is 17.0 Å². The molecule has 94 valence electrons. The summed E-state index contributed by atoms with van der Waals surface area (Å²) >= 11 is 0. The van der Waals surface area contributed by atoms with Gasteiger partial charge in [0.2, 0.25) is 0 Å². The fraction of sp³-hybridized carbons (Fsp3) is 0.412. The van der Waals surface area contributed by atoms with Gasteiger partial charge >= 0.3 is 0 Å². The van der Waals surface area contributed by atoms with E-state index < -0.39 is 0 Å². The number of fused-ring (bicyclic) bond motifs is 1. The van der Waals surface area contributed by atoms with Crippen molar-refractivity contribution in [3.05, 3.63) is 41.6 Å². The predicted molar refractivity (Wildman–Crippen MR) is 78.8 cm³/mol. The number of nitrogens with zero attached hydrogens (tertiary/aromatic N) is 1. The smallest absolute Gasteiger partial charge is 0.0488 e. The van der Waals surface area contributed by atoms with E-state index in [0.29, 0.717) is 6.04 Å². The van der Waals surface area contributed by atoms with Crippen LogP contribution >= 0.6 is 0 Å². The summed E-state index contributed by atoms with van der Waals surface area (Å²) in [4.78, 5) is 0. The second-order valence-electron chi connectivity index (χ2n) is 5.61. The molecule has 0 N–H and O–H groups in total. The van der Waals surface area contributed by atoms with Crippen LogP contribution in [0.2, 0.25) is 0 Å². The Morgan fingerprint density at radius 1 is 1.11 bits per heavy atom. The Balaban J connectivity index is 2.14. The van der Waals surface area contributed by atoms with E-state index in [1.807, 2.05) is 0 Å². The van der Waals surface area contributed by atoms with E-state index in [-0.39, 0.29) is 0 Å². The Labute approximate surface area is 109 Å². The zero-order chi connectivity index (χ0) is 12.5. The van der Waals surface area contributed by atoms with E-state index in [0.717, 1.165) is 0 Å². The lowest BCUT2D eigenvalue weighted by molar-refractivity contribution is 0.622. The number of benzene rings is 1. The van der Waals surface area contributed by atoms with Gasteiger partial charge < -0.3 is 4.57 Å². The Morgan fingerprint density at radius 2 is 1.83 bits per heavy atom. The molecule has 1 saturated carbocycles. The zero-order valence-corrected chi connectivity index (χ0v) is 11.3. The Morgan fingerprint density at radius 3 is 2.56 bits per heavy atom.